The zero-order valence-corrected chi connectivity index (χ0v) is 24.5. The molecule has 1 heterocycles. The normalized spacial score (nSPS) is 11.5. The summed E-state index contributed by atoms with van der Waals surface area (Å²) in [6.45, 7) is 0. The Morgan fingerprint density at radius 2 is 0.929 bits per heavy atom. The first kappa shape index (κ1) is 26.0. The molecule has 0 radical (unpaired) electrons. The van der Waals surface area contributed by atoms with E-state index in [4.69, 9.17) is 16.6 Å². The Bertz CT molecular complexity index is 1900. The van der Waals surface area contributed by atoms with E-state index in [0.29, 0.717) is 11.6 Å². The summed E-state index contributed by atoms with van der Waals surface area (Å²) < 4.78 is 0. The van der Waals surface area contributed by atoms with Gasteiger partial charge in [-0.2, -0.15) is 9.97 Å². The molecule has 6 aromatic carbocycles. The van der Waals surface area contributed by atoms with Crippen LogP contribution < -0.4 is 20.7 Å². The standard InChI is InChI=1S/C37H26ClN3Si/c38-37-40-35(39-36(41-37)34-25-13-15-27-14-10-11-24-33(27)34)28-16-12-23-32(26-28)42(29-17-4-1-5-18-29,30-19-6-2-7-20-30)31-21-8-3-9-22-31/h1-26H. The Labute approximate surface area is 251 Å². The molecule has 200 valence electrons. The van der Waals surface area contributed by atoms with E-state index in [1.807, 2.05) is 24.3 Å². The zero-order chi connectivity index (χ0) is 28.4. The Morgan fingerprint density at radius 1 is 0.429 bits per heavy atom. The number of nitrogens with zero attached hydrogens (tertiary/aromatic N) is 3. The van der Waals surface area contributed by atoms with Crippen LogP contribution in [-0.4, -0.2) is 23.0 Å². The minimum absolute atomic E-state index is 0.172. The highest BCUT2D eigenvalue weighted by Gasteiger charge is 2.41. The first-order chi connectivity index (χ1) is 20.7. The Balaban J connectivity index is 1.46. The van der Waals surface area contributed by atoms with Crippen LogP contribution in [-0.2, 0) is 0 Å². The fourth-order valence-electron chi connectivity index (χ4n) is 5.98. The van der Waals surface area contributed by atoms with E-state index < -0.39 is 8.07 Å². The van der Waals surface area contributed by atoms with E-state index in [1.54, 1.807) is 0 Å². The molecule has 42 heavy (non-hydrogen) atoms. The van der Waals surface area contributed by atoms with E-state index in [1.165, 1.54) is 20.7 Å². The minimum atomic E-state index is -2.70. The van der Waals surface area contributed by atoms with Gasteiger partial charge in [-0.1, -0.05) is 158 Å². The van der Waals surface area contributed by atoms with Gasteiger partial charge in [0, 0.05) is 11.1 Å². The average molecular weight is 576 g/mol. The first-order valence-corrected chi connectivity index (χ1v) is 16.3. The minimum Gasteiger partial charge on any atom is -0.208 e. The molecule has 5 heteroatoms. The number of benzene rings is 6. The van der Waals surface area contributed by atoms with Crippen molar-refractivity contribution in [1.29, 1.82) is 0 Å². The van der Waals surface area contributed by atoms with Crippen molar-refractivity contribution in [1.82, 2.24) is 15.0 Å². The summed E-state index contributed by atoms with van der Waals surface area (Å²) in [5, 5.41) is 7.54. The van der Waals surface area contributed by atoms with Gasteiger partial charge in [0.25, 0.3) is 0 Å². The molecule has 0 amide bonds. The second-order valence-electron chi connectivity index (χ2n) is 10.2. The van der Waals surface area contributed by atoms with Gasteiger partial charge < -0.3 is 0 Å². The van der Waals surface area contributed by atoms with Crippen LogP contribution in [0.2, 0.25) is 5.28 Å². The molecule has 0 spiro atoms. The molecule has 0 bridgehead atoms. The van der Waals surface area contributed by atoms with Crippen molar-refractivity contribution < 1.29 is 0 Å². The molecule has 7 aromatic rings. The van der Waals surface area contributed by atoms with Crippen molar-refractivity contribution in [3.63, 3.8) is 0 Å². The lowest BCUT2D eigenvalue weighted by atomic mass is 10.0. The Hall–Kier alpha value is -4.90. The van der Waals surface area contributed by atoms with Gasteiger partial charge >= 0.3 is 0 Å². The van der Waals surface area contributed by atoms with Crippen molar-refractivity contribution in [2.45, 2.75) is 0 Å². The van der Waals surface area contributed by atoms with Gasteiger partial charge in [0.15, 0.2) is 19.7 Å². The van der Waals surface area contributed by atoms with E-state index in [9.17, 15) is 0 Å². The summed E-state index contributed by atoms with van der Waals surface area (Å²) in [6.07, 6.45) is 0. The van der Waals surface area contributed by atoms with E-state index in [-0.39, 0.29) is 5.28 Å². The highest BCUT2D eigenvalue weighted by atomic mass is 35.5. The van der Waals surface area contributed by atoms with Gasteiger partial charge in [-0.3, -0.25) is 0 Å². The summed E-state index contributed by atoms with van der Waals surface area (Å²) in [7, 11) is -2.70. The Kier molecular flexibility index (Phi) is 6.92. The van der Waals surface area contributed by atoms with Crippen LogP contribution in [0.15, 0.2) is 158 Å². The summed E-state index contributed by atoms with van der Waals surface area (Å²) in [4.78, 5) is 14.1. The lowest BCUT2D eigenvalue weighted by Gasteiger charge is -2.34. The van der Waals surface area contributed by atoms with Crippen molar-refractivity contribution in [3.8, 4) is 22.8 Å². The smallest absolute Gasteiger partial charge is 0.208 e. The molecule has 0 aliphatic rings. The highest BCUT2D eigenvalue weighted by Crippen LogP contribution is 2.28. The number of rotatable bonds is 6. The summed E-state index contributed by atoms with van der Waals surface area (Å²) >= 11 is 6.56. The van der Waals surface area contributed by atoms with Crippen molar-refractivity contribution in [3.05, 3.63) is 163 Å². The summed E-state index contributed by atoms with van der Waals surface area (Å²) in [6, 6.07) is 55.7. The van der Waals surface area contributed by atoms with Gasteiger partial charge in [0.1, 0.15) is 0 Å². The monoisotopic (exact) mass is 575 g/mol. The maximum Gasteiger partial charge on any atom is 0.226 e. The van der Waals surface area contributed by atoms with Crippen LogP contribution in [0, 0.1) is 0 Å². The third kappa shape index (κ3) is 4.61. The van der Waals surface area contributed by atoms with Crippen LogP contribution in [0.4, 0.5) is 0 Å². The molecule has 7 rings (SSSR count). The fraction of sp³-hybridized carbons (Fsp3) is 0. The molecule has 3 nitrogen and oxygen atoms in total. The Morgan fingerprint density at radius 3 is 1.57 bits per heavy atom. The van der Waals surface area contributed by atoms with Crippen molar-refractivity contribution in [2.24, 2.45) is 0 Å². The first-order valence-electron chi connectivity index (χ1n) is 13.9. The molecule has 0 aliphatic heterocycles. The second-order valence-corrected chi connectivity index (χ2v) is 14.4. The van der Waals surface area contributed by atoms with Crippen LogP contribution in [0.1, 0.15) is 0 Å². The molecule has 0 fully saturated rings. The van der Waals surface area contributed by atoms with Crippen LogP contribution in [0.3, 0.4) is 0 Å². The van der Waals surface area contributed by atoms with E-state index in [0.717, 1.165) is 21.9 Å². The third-order valence-electron chi connectivity index (χ3n) is 7.81. The molecule has 0 aliphatic carbocycles. The molecular formula is C37H26ClN3Si. The van der Waals surface area contributed by atoms with Crippen molar-refractivity contribution in [2.75, 3.05) is 0 Å². The number of halogens is 1. The SMILES string of the molecule is Clc1nc(-c2cccc([Si](c3ccccc3)(c3ccccc3)c3ccccc3)c2)nc(-c2cccc3ccccc23)n1. The maximum absolute atomic E-state index is 6.56. The maximum atomic E-state index is 6.56. The predicted molar refractivity (Wildman–Crippen MR) is 177 cm³/mol. The van der Waals surface area contributed by atoms with E-state index in [2.05, 4.69) is 143 Å². The van der Waals surface area contributed by atoms with Crippen LogP contribution >= 0.6 is 11.6 Å². The zero-order valence-electron chi connectivity index (χ0n) is 22.7. The molecule has 0 N–H and O–H groups in total. The van der Waals surface area contributed by atoms with Gasteiger partial charge in [0.05, 0.1) is 0 Å². The van der Waals surface area contributed by atoms with E-state index >= 15 is 0 Å². The molecule has 0 saturated carbocycles. The number of aromatic nitrogens is 3. The largest absolute Gasteiger partial charge is 0.226 e. The van der Waals surface area contributed by atoms with Crippen molar-refractivity contribution >= 4 is 51.2 Å². The lowest BCUT2D eigenvalue weighted by Crippen LogP contribution is -2.74. The number of fused-ring (bicyclic) bond motifs is 1. The molecule has 0 saturated heterocycles. The molecular weight excluding hydrogens is 550 g/mol. The summed E-state index contributed by atoms with van der Waals surface area (Å²) in [5.74, 6) is 1.11. The van der Waals surface area contributed by atoms with Gasteiger partial charge in [0.2, 0.25) is 5.28 Å². The van der Waals surface area contributed by atoms with Crippen LogP contribution in [0.25, 0.3) is 33.5 Å². The van der Waals surface area contributed by atoms with Gasteiger partial charge in [-0.05, 0) is 43.1 Å². The highest BCUT2D eigenvalue weighted by molar-refractivity contribution is 7.19. The quantitative estimate of drug-likeness (QED) is 0.170. The summed E-state index contributed by atoms with van der Waals surface area (Å²) in [5.41, 5.74) is 1.83. The number of hydrogen-bond donors (Lipinski definition) is 0. The van der Waals surface area contributed by atoms with Crippen LogP contribution in [0.5, 0.6) is 0 Å². The molecule has 0 unspecified atom stereocenters. The lowest BCUT2D eigenvalue weighted by molar-refractivity contribution is 1.07. The number of hydrogen-bond acceptors (Lipinski definition) is 3. The topological polar surface area (TPSA) is 38.7 Å². The molecule has 0 atom stereocenters. The fourth-order valence-corrected chi connectivity index (χ4v) is 10.9. The van der Waals surface area contributed by atoms with Gasteiger partial charge in [-0.15, -0.1) is 0 Å². The second kappa shape index (κ2) is 11.2. The predicted octanol–water partition coefficient (Wildman–Crippen LogP) is 6.39. The average Bonchev–Trinajstić information content (AvgIpc) is 3.06. The van der Waals surface area contributed by atoms with Gasteiger partial charge in [-0.25, -0.2) is 4.98 Å². The molecule has 1 aromatic heterocycles. The third-order valence-corrected chi connectivity index (χ3v) is 12.8.